The molecule has 0 unspecified atom stereocenters. The second kappa shape index (κ2) is 6.70. The zero-order valence-corrected chi connectivity index (χ0v) is 14.5. The summed E-state index contributed by atoms with van der Waals surface area (Å²) in [5, 5.41) is 0. The third-order valence-electron chi connectivity index (χ3n) is 4.99. The van der Waals surface area contributed by atoms with Crippen LogP contribution in [-0.2, 0) is 9.53 Å². The molecule has 4 rings (SSSR count). The smallest absolute Gasteiger partial charge is 0.308 e. The molecule has 0 aliphatic heterocycles. The van der Waals surface area contributed by atoms with Gasteiger partial charge in [0.15, 0.2) is 17.3 Å². The Labute approximate surface area is 150 Å². The van der Waals surface area contributed by atoms with Crippen molar-refractivity contribution in [2.75, 3.05) is 12.8 Å². The molecule has 0 amide bonds. The van der Waals surface area contributed by atoms with Crippen molar-refractivity contribution in [1.29, 1.82) is 0 Å². The summed E-state index contributed by atoms with van der Waals surface area (Å²) in [4.78, 5) is 29.3. The summed E-state index contributed by atoms with van der Waals surface area (Å²) in [6, 6.07) is 3.97. The van der Waals surface area contributed by atoms with Gasteiger partial charge in [-0.2, -0.15) is 0 Å². The number of anilines is 1. The Morgan fingerprint density at radius 2 is 2.08 bits per heavy atom. The van der Waals surface area contributed by atoms with Gasteiger partial charge in [-0.3, -0.25) is 9.78 Å². The molecule has 0 atom stereocenters. The minimum absolute atomic E-state index is 0.0170. The van der Waals surface area contributed by atoms with Crippen LogP contribution >= 0.6 is 0 Å². The Hall–Kier alpha value is -3.03. The fourth-order valence-electron chi connectivity index (χ4n) is 3.59. The first-order valence-corrected chi connectivity index (χ1v) is 8.65. The number of nitrogens with two attached hydrogens (primary N) is 1. The molecule has 2 N–H and O–H groups in total. The summed E-state index contributed by atoms with van der Waals surface area (Å²) < 4.78 is 6.92. The maximum absolute atomic E-state index is 11.7. The van der Waals surface area contributed by atoms with Crippen LogP contribution in [0.3, 0.4) is 0 Å². The standard InChI is InChI=1S/C18H20N6O2/c1-26-18(25)11-4-6-13(7-5-11)24-10-21-14-15(19)22-16(23-17(14)24)12-3-2-8-20-9-12/h2-3,8-11,13H,4-7H2,1H3,(H2,19,22,23)/t11-,13+. The van der Waals surface area contributed by atoms with E-state index in [-0.39, 0.29) is 17.9 Å². The topological polar surface area (TPSA) is 109 Å². The molecule has 0 saturated heterocycles. The number of aromatic nitrogens is 5. The van der Waals surface area contributed by atoms with Gasteiger partial charge in [-0.05, 0) is 37.8 Å². The maximum Gasteiger partial charge on any atom is 0.308 e. The van der Waals surface area contributed by atoms with E-state index < -0.39 is 0 Å². The van der Waals surface area contributed by atoms with Crippen molar-refractivity contribution in [3.63, 3.8) is 0 Å². The lowest BCUT2D eigenvalue weighted by atomic mass is 9.86. The van der Waals surface area contributed by atoms with E-state index in [1.54, 1.807) is 18.7 Å². The molecule has 0 spiro atoms. The Bertz CT molecular complexity index is 932. The monoisotopic (exact) mass is 352 g/mol. The van der Waals surface area contributed by atoms with E-state index in [2.05, 4.69) is 24.5 Å². The van der Waals surface area contributed by atoms with Crippen LogP contribution in [0.4, 0.5) is 5.82 Å². The molecule has 1 saturated carbocycles. The summed E-state index contributed by atoms with van der Waals surface area (Å²) >= 11 is 0. The lowest BCUT2D eigenvalue weighted by Crippen LogP contribution is -2.24. The van der Waals surface area contributed by atoms with Crippen molar-refractivity contribution in [1.82, 2.24) is 24.5 Å². The minimum Gasteiger partial charge on any atom is -0.469 e. The fraction of sp³-hybridized carbons (Fsp3) is 0.389. The Balaban J connectivity index is 1.67. The minimum atomic E-state index is -0.121. The summed E-state index contributed by atoms with van der Waals surface area (Å²) in [6.45, 7) is 0. The summed E-state index contributed by atoms with van der Waals surface area (Å²) in [6.07, 6.45) is 8.53. The summed E-state index contributed by atoms with van der Waals surface area (Å²) in [7, 11) is 1.44. The third-order valence-corrected chi connectivity index (χ3v) is 4.99. The van der Waals surface area contributed by atoms with E-state index in [4.69, 9.17) is 10.5 Å². The van der Waals surface area contributed by atoms with Gasteiger partial charge in [0, 0.05) is 24.0 Å². The molecular weight excluding hydrogens is 332 g/mol. The lowest BCUT2D eigenvalue weighted by molar-refractivity contribution is -0.146. The number of rotatable bonds is 3. The quantitative estimate of drug-likeness (QED) is 0.721. The highest BCUT2D eigenvalue weighted by Gasteiger charge is 2.29. The van der Waals surface area contributed by atoms with Gasteiger partial charge in [-0.1, -0.05) is 0 Å². The van der Waals surface area contributed by atoms with Crippen LogP contribution in [0.25, 0.3) is 22.6 Å². The van der Waals surface area contributed by atoms with Gasteiger partial charge in [-0.15, -0.1) is 0 Å². The molecule has 3 aromatic rings. The molecule has 1 aliphatic rings. The number of pyridine rings is 1. The highest BCUT2D eigenvalue weighted by molar-refractivity contribution is 5.83. The molecular formula is C18H20N6O2. The van der Waals surface area contributed by atoms with Gasteiger partial charge in [-0.25, -0.2) is 15.0 Å². The van der Waals surface area contributed by atoms with E-state index in [9.17, 15) is 4.79 Å². The van der Waals surface area contributed by atoms with Crippen molar-refractivity contribution in [2.24, 2.45) is 5.92 Å². The van der Waals surface area contributed by atoms with Crippen LogP contribution in [0.1, 0.15) is 31.7 Å². The van der Waals surface area contributed by atoms with Gasteiger partial charge >= 0.3 is 5.97 Å². The van der Waals surface area contributed by atoms with Gasteiger partial charge in [0.25, 0.3) is 0 Å². The second-order valence-corrected chi connectivity index (χ2v) is 6.53. The highest BCUT2D eigenvalue weighted by atomic mass is 16.5. The Morgan fingerprint density at radius 1 is 1.27 bits per heavy atom. The van der Waals surface area contributed by atoms with Gasteiger partial charge in [0.2, 0.25) is 0 Å². The largest absolute Gasteiger partial charge is 0.469 e. The summed E-state index contributed by atoms with van der Waals surface area (Å²) in [5.41, 5.74) is 8.24. The van der Waals surface area contributed by atoms with E-state index in [1.165, 1.54) is 7.11 Å². The molecule has 3 aromatic heterocycles. The molecule has 8 heteroatoms. The molecule has 134 valence electrons. The van der Waals surface area contributed by atoms with Crippen LogP contribution < -0.4 is 5.73 Å². The van der Waals surface area contributed by atoms with E-state index >= 15 is 0 Å². The van der Waals surface area contributed by atoms with Crippen molar-refractivity contribution in [2.45, 2.75) is 31.7 Å². The zero-order valence-electron chi connectivity index (χ0n) is 14.5. The molecule has 0 bridgehead atoms. The number of esters is 1. The average Bonchev–Trinajstić information content (AvgIpc) is 3.13. The van der Waals surface area contributed by atoms with Gasteiger partial charge in [0.1, 0.15) is 5.52 Å². The number of hydrogen-bond acceptors (Lipinski definition) is 7. The molecule has 3 heterocycles. The predicted octanol–water partition coefficient (Wildman–Crippen LogP) is 2.37. The predicted molar refractivity (Wildman–Crippen MR) is 96.0 cm³/mol. The van der Waals surface area contributed by atoms with Gasteiger partial charge in [0.05, 0.1) is 19.4 Å². The van der Waals surface area contributed by atoms with E-state index in [1.807, 2.05) is 12.1 Å². The first-order valence-electron chi connectivity index (χ1n) is 8.65. The SMILES string of the molecule is COC(=O)[C@H]1CC[C@@H](n2cnc3c(N)nc(-c4cccnc4)nc32)CC1. The lowest BCUT2D eigenvalue weighted by Gasteiger charge is -2.27. The summed E-state index contributed by atoms with van der Waals surface area (Å²) in [5.74, 6) is 0.755. The number of fused-ring (bicyclic) bond motifs is 1. The molecule has 26 heavy (non-hydrogen) atoms. The number of carbonyl (C=O) groups excluding carboxylic acids is 1. The van der Waals surface area contributed by atoms with Crippen molar-refractivity contribution >= 4 is 23.0 Å². The number of methoxy groups -OCH3 is 1. The van der Waals surface area contributed by atoms with Gasteiger partial charge < -0.3 is 15.0 Å². The van der Waals surface area contributed by atoms with Crippen LogP contribution in [-0.4, -0.2) is 37.6 Å². The number of ether oxygens (including phenoxy) is 1. The number of imidazole rings is 1. The number of carbonyl (C=O) groups is 1. The average molecular weight is 352 g/mol. The molecule has 0 radical (unpaired) electrons. The van der Waals surface area contributed by atoms with Crippen LogP contribution in [0.2, 0.25) is 0 Å². The fourth-order valence-corrected chi connectivity index (χ4v) is 3.59. The van der Waals surface area contributed by atoms with Crippen LogP contribution in [0, 0.1) is 5.92 Å². The number of nitrogen functional groups attached to an aromatic ring is 1. The third kappa shape index (κ3) is 2.87. The van der Waals surface area contributed by atoms with E-state index in [0.29, 0.717) is 17.2 Å². The second-order valence-electron chi connectivity index (χ2n) is 6.53. The zero-order chi connectivity index (χ0) is 18.1. The van der Waals surface area contributed by atoms with Crippen LogP contribution in [0.15, 0.2) is 30.9 Å². The first-order chi connectivity index (χ1) is 12.7. The Morgan fingerprint density at radius 3 is 2.77 bits per heavy atom. The van der Waals surface area contributed by atoms with Crippen molar-refractivity contribution < 1.29 is 9.53 Å². The normalized spacial score (nSPS) is 20.2. The van der Waals surface area contributed by atoms with E-state index in [0.717, 1.165) is 36.9 Å². The number of nitrogens with zero attached hydrogens (tertiary/aromatic N) is 5. The maximum atomic E-state index is 11.7. The molecule has 1 aliphatic carbocycles. The number of hydrogen-bond donors (Lipinski definition) is 1. The molecule has 8 nitrogen and oxygen atoms in total. The van der Waals surface area contributed by atoms with Crippen molar-refractivity contribution in [3.8, 4) is 11.4 Å². The molecule has 0 aromatic carbocycles. The van der Waals surface area contributed by atoms with Crippen LogP contribution in [0.5, 0.6) is 0 Å². The first kappa shape index (κ1) is 16.4. The molecule has 1 fully saturated rings. The van der Waals surface area contributed by atoms with Crippen molar-refractivity contribution in [3.05, 3.63) is 30.9 Å². The highest BCUT2D eigenvalue weighted by Crippen LogP contribution is 2.35. The Kier molecular flexibility index (Phi) is 4.24.